The van der Waals surface area contributed by atoms with Crippen molar-refractivity contribution in [1.82, 2.24) is 0 Å². The highest BCUT2D eigenvalue weighted by molar-refractivity contribution is 5.43. The average molecular weight is 304 g/mol. The summed E-state index contributed by atoms with van der Waals surface area (Å²) in [4.78, 5) is 0. The van der Waals surface area contributed by atoms with Gasteiger partial charge in [-0.25, -0.2) is 0 Å². The quantitative estimate of drug-likeness (QED) is 0.756. The van der Waals surface area contributed by atoms with Crippen LogP contribution in [0.4, 0.5) is 0 Å². The van der Waals surface area contributed by atoms with Crippen molar-refractivity contribution in [1.29, 1.82) is 0 Å². The predicted molar refractivity (Wildman–Crippen MR) is 92.5 cm³/mol. The van der Waals surface area contributed by atoms with Crippen molar-refractivity contribution < 1.29 is 10.2 Å². The van der Waals surface area contributed by atoms with E-state index in [0.29, 0.717) is 17.8 Å². The van der Waals surface area contributed by atoms with Gasteiger partial charge in [-0.05, 0) is 86.0 Å². The van der Waals surface area contributed by atoms with E-state index < -0.39 is 0 Å². The van der Waals surface area contributed by atoms with Crippen molar-refractivity contribution in [3.05, 3.63) is 34.4 Å². The third-order valence-electron chi connectivity index (χ3n) is 5.84. The first-order valence-corrected chi connectivity index (χ1v) is 8.70. The molecule has 0 fully saturated rings. The van der Waals surface area contributed by atoms with Gasteiger partial charge in [0.15, 0.2) is 0 Å². The van der Waals surface area contributed by atoms with E-state index in [1.807, 2.05) is 0 Å². The van der Waals surface area contributed by atoms with E-state index in [2.05, 4.69) is 34.3 Å². The molecule has 2 nitrogen and oxygen atoms in total. The number of aliphatic hydroxyl groups is 2. The van der Waals surface area contributed by atoms with Crippen LogP contribution in [0.3, 0.4) is 0 Å². The van der Waals surface area contributed by atoms with Gasteiger partial charge in [0.2, 0.25) is 0 Å². The van der Waals surface area contributed by atoms with Crippen molar-refractivity contribution in [2.24, 2.45) is 17.8 Å². The van der Waals surface area contributed by atoms with Gasteiger partial charge in [-0.15, -0.1) is 0 Å². The van der Waals surface area contributed by atoms with Crippen molar-refractivity contribution in [3.63, 3.8) is 0 Å². The molecule has 3 atom stereocenters. The van der Waals surface area contributed by atoms with E-state index in [4.69, 9.17) is 0 Å². The molecule has 0 amide bonds. The van der Waals surface area contributed by atoms with Crippen LogP contribution < -0.4 is 0 Å². The molecule has 0 bridgehead atoms. The molecule has 3 unspecified atom stereocenters. The SMILES string of the molecule is C=C(C)C1CC(C2=C(CO)CCC(C(C)C)C2)=C(C)C(O)C1. The highest BCUT2D eigenvalue weighted by Crippen LogP contribution is 2.43. The Kier molecular flexibility index (Phi) is 5.68. The summed E-state index contributed by atoms with van der Waals surface area (Å²) in [6.07, 6.45) is 4.63. The molecule has 0 spiro atoms. The maximum atomic E-state index is 10.4. The van der Waals surface area contributed by atoms with Gasteiger partial charge in [-0.3, -0.25) is 0 Å². The topological polar surface area (TPSA) is 40.5 Å². The van der Waals surface area contributed by atoms with Crippen LogP contribution >= 0.6 is 0 Å². The monoisotopic (exact) mass is 304 g/mol. The predicted octanol–water partition coefficient (Wildman–Crippen LogP) is 4.39. The normalized spacial score (nSPS) is 30.2. The second-order valence-corrected chi connectivity index (χ2v) is 7.65. The van der Waals surface area contributed by atoms with Crippen LogP contribution in [0, 0.1) is 17.8 Å². The fourth-order valence-corrected chi connectivity index (χ4v) is 3.97. The van der Waals surface area contributed by atoms with Crippen molar-refractivity contribution in [3.8, 4) is 0 Å². The van der Waals surface area contributed by atoms with Crippen molar-refractivity contribution >= 4 is 0 Å². The highest BCUT2D eigenvalue weighted by Gasteiger charge is 2.31. The summed E-state index contributed by atoms with van der Waals surface area (Å²) in [6.45, 7) is 13.0. The van der Waals surface area contributed by atoms with E-state index in [1.165, 1.54) is 23.1 Å². The van der Waals surface area contributed by atoms with Crippen LogP contribution in [0.5, 0.6) is 0 Å². The molecule has 0 saturated heterocycles. The summed E-state index contributed by atoms with van der Waals surface area (Å²) in [5.41, 5.74) is 6.12. The summed E-state index contributed by atoms with van der Waals surface area (Å²) in [5.74, 6) is 1.72. The largest absolute Gasteiger partial charge is 0.392 e. The van der Waals surface area contributed by atoms with Gasteiger partial charge < -0.3 is 10.2 Å². The number of rotatable bonds is 4. The zero-order chi connectivity index (χ0) is 16.4. The van der Waals surface area contributed by atoms with Crippen LogP contribution in [0.1, 0.15) is 59.8 Å². The molecule has 0 saturated carbocycles. The Bertz CT molecular complexity index is 496. The fourth-order valence-electron chi connectivity index (χ4n) is 3.97. The van der Waals surface area contributed by atoms with Crippen molar-refractivity contribution in [2.45, 2.75) is 65.9 Å². The molecule has 2 aliphatic rings. The number of aliphatic hydroxyl groups excluding tert-OH is 2. The molecule has 0 radical (unpaired) electrons. The van der Waals surface area contributed by atoms with Gasteiger partial charge in [0.25, 0.3) is 0 Å². The summed E-state index contributed by atoms with van der Waals surface area (Å²) in [7, 11) is 0. The standard InChI is InChI=1S/C20H32O2/c1-12(2)15-6-7-16(11-21)19(8-15)18-9-17(13(3)4)10-20(22)14(18)5/h12,15,17,20-22H,3,6-11H2,1-2,4-5H3. The minimum absolute atomic E-state index is 0.158. The Morgan fingerprint density at radius 3 is 2.50 bits per heavy atom. The van der Waals surface area contributed by atoms with Crippen LogP contribution in [-0.4, -0.2) is 22.9 Å². The molecule has 2 N–H and O–H groups in total. The maximum Gasteiger partial charge on any atom is 0.0759 e. The van der Waals surface area contributed by atoms with Crippen LogP contribution in [-0.2, 0) is 0 Å². The summed E-state index contributed by atoms with van der Waals surface area (Å²) < 4.78 is 0. The zero-order valence-electron chi connectivity index (χ0n) is 14.7. The number of hydrogen-bond acceptors (Lipinski definition) is 2. The molecule has 124 valence electrons. The molecule has 0 aromatic rings. The molecule has 0 aliphatic heterocycles. The first-order chi connectivity index (χ1) is 10.3. The van der Waals surface area contributed by atoms with E-state index in [0.717, 1.165) is 36.8 Å². The maximum absolute atomic E-state index is 10.4. The van der Waals surface area contributed by atoms with Crippen molar-refractivity contribution in [2.75, 3.05) is 6.61 Å². The molecule has 2 rings (SSSR count). The number of allylic oxidation sites excluding steroid dienone is 3. The minimum atomic E-state index is -0.364. The first-order valence-electron chi connectivity index (χ1n) is 8.70. The summed E-state index contributed by atoms with van der Waals surface area (Å²) in [6, 6.07) is 0. The Morgan fingerprint density at radius 1 is 1.27 bits per heavy atom. The number of hydrogen-bond donors (Lipinski definition) is 2. The van der Waals surface area contributed by atoms with E-state index in [-0.39, 0.29) is 12.7 Å². The first kappa shape index (κ1) is 17.5. The van der Waals surface area contributed by atoms with Crippen LogP contribution in [0.15, 0.2) is 34.4 Å². The van der Waals surface area contributed by atoms with Gasteiger partial charge >= 0.3 is 0 Å². The van der Waals surface area contributed by atoms with Gasteiger partial charge in [0.1, 0.15) is 0 Å². The van der Waals surface area contributed by atoms with E-state index >= 15 is 0 Å². The molecular weight excluding hydrogens is 272 g/mol. The second-order valence-electron chi connectivity index (χ2n) is 7.65. The highest BCUT2D eigenvalue weighted by atomic mass is 16.3. The van der Waals surface area contributed by atoms with Gasteiger partial charge in [-0.2, -0.15) is 0 Å². The molecule has 0 aromatic heterocycles. The van der Waals surface area contributed by atoms with Gasteiger partial charge in [0, 0.05) is 0 Å². The van der Waals surface area contributed by atoms with Gasteiger partial charge in [-0.1, -0.05) is 26.0 Å². The third kappa shape index (κ3) is 3.55. The minimum Gasteiger partial charge on any atom is -0.392 e. The van der Waals surface area contributed by atoms with Crippen LogP contribution in [0.25, 0.3) is 0 Å². The summed E-state index contributed by atoms with van der Waals surface area (Å²) in [5, 5.41) is 20.2. The Labute approximate surface area is 135 Å². The third-order valence-corrected chi connectivity index (χ3v) is 5.84. The Hall–Kier alpha value is -0.860. The van der Waals surface area contributed by atoms with E-state index in [9.17, 15) is 10.2 Å². The molecule has 2 aliphatic carbocycles. The van der Waals surface area contributed by atoms with Crippen LogP contribution in [0.2, 0.25) is 0 Å². The molecule has 0 aromatic carbocycles. The lowest BCUT2D eigenvalue weighted by atomic mass is 9.70. The smallest absolute Gasteiger partial charge is 0.0759 e. The molecule has 2 heteroatoms. The van der Waals surface area contributed by atoms with E-state index in [1.54, 1.807) is 0 Å². The lowest BCUT2D eigenvalue weighted by Crippen LogP contribution is -2.26. The van der Waals surface area contributed by atoms with Gasteiger partial charge in [0.05, 0.1) is 12.7 Å². The Balaban J connectivity index is 2.38. The molecule has 0 heterocycles. The second kappa shape index (κ2) is 7.14. The fraction of sp³-hybridized carbons (Fsp3) is 0.700. The molecular formula is C20H32O2. The Morgan fingerprint density at radius 2 is 1.95 bits per heavy atom. The summed E-state index contributed by atoms with van der Waals surface area (Å²) >= 11 is 0. The lowest BCUT2D eigenvalue weighted by Gasteiger charge is -2.36. The molecule has 22 heavy (non-hydrogen) atoms. The lowest BCUT2D eigenvalue weighted by molar-refractivity contribution is 0.171. The zero-order valence-corrected chi connectivity index (χ0v) is 14.7. The average Bonchev–Trinajstić information content (AvgIpc) is 2.48.